The van der Waals surface area contributed by atoms with Gasteiger partial charge in [-0.05, 0) is 35.4 Å². The van der Waals surface area contributed by atoms with Gasteiger partial charge in [0.2, 0.25) is 10.0 Å². The van der Waals surface area contributed by atoms with Gasteiger partial charge in [-0.25, -0.2) is 8.42 Å². The molecule has 112 valence electrons. The molecule has 0 aliphatic carbocycles. The first-order chi connectivity index (χ1) is 9.95. The number of pyridine rings is 1. The quantitative estimate of drug-likeness (QED) is 0.782. The Labute approximate surface area is 134 Å². The van der Waals surface area contributed by atoms with E-state index in [4.69, 9.17) is 23.2 Å². The summed E-state index contributed by atoms with van der Waals surface area (Å²) in [4.78, 5) is 4.15. The first-order valence-electron chi connectivity index (χ1n) is 6.15. The zero-order valence-electron chi connectivity index (χ0n) is 11.3. The molecule has 0 radical (unpaired) electrons. The van der Waals surface area contributed by atoms with E-state index < -0.39 is 10.0 Å². The van der Waals surface area contributed by atoms with E-state index in [-0.39, 0.29) is 17.3 Å². The highest BCUT2D eigenvalue weighted by molar-refractivity contribution is 7.89. The van der Waals surface area contributed by atoms with E-state index in [1.807, 2.05) is 6.07 Å². The van der Waals surface area contributed by atoms with Gasteiger partial charge in [0.25, 0.3) is 0 Å². The van der Waals surface area contributed by atoms with Crippen molar-refractivity contribution < 1.29 is 8.42 Å². The molecule has 0 aliphatic rings. The van der Waals surface area contributed by atoms with Crippen molar-refractivity contribution in [1.29, 1.82) is 0 Å². The number of alkyl halides is 1. The van der Waals surface area contributed by atoms with Gasteiger partial charge in [0, 0.05) is 36.9 Å². The molecule has 1 heterocycles. The monoisotopic (exact) mass is 344 g/mol. The SMILES string of the molecule is CN(Cc1cccnc1)S(=O)(=O)c1ccc(Cl)c(CCl)c1. The van der Waals surface area contributed by atoms with Crippen molar-refractivity contribution in [3.63, 3.8) is 0 Å². The van der Waals surface area contributed by atoms with Gasteiger partial charge in [0.15, 0.2) is 0 Å². The highest BCUT2D eigenvalue weighted by Crippen LogP contribution is 2.24. The summed E-state index contributed by atoms with van der Waals surface area (Å²) in [7, 11) is -2.07. The second-order valence-corrected chi connectivity index (χ2v) is 7.23. The smallest absolute Gasteiger partial charge is 0.243 e. The average Bonchev–Trinajstić information content (AvgIpc) is 2.48. The molecule has 0 fully saturated rings. The van der Waals surface area contributed by atoms with E-state index in [0.717, 1.165) is 5.56 Å². The maximum absolute atomic E-state index is 12.5. The number of rotatable bonds is 5. The predicted octanol–water partition coefficient (Wildman–Crippen LogP) is 3.29. The fourth-order valence-electron chi connectivity index (χ4n) is 1.83. The number of halogens is 2. The molecule has 0 saturated heterocycles. The summed E-state index contributed by atoms with van der Waals surface area (Å²) in [6, 6.07) is 8.12. The Morgan fingerprint density at radius 2 is 2.05 bits per heavy atom. The molecule has 2 aromatic rings. The van der Waals surface area contributed by atoms with Crippen LogP contribution in [0.3, 0.4) is 0 Å². The average molecular weight is 345 g/mol. The lowest BCUT2D eigenvalue weighted by Crippen LogP contribution is -2.26. The lowest BCUT2D eigenvalue weighted by atomic mass is 10.2. The van der Waals surface area contributed by atoms with Gasteiger partial charge in [0.05, 0.1) is 4.90 Å². The van der Waals surface area contributed by atoms with E-state index in [9.17, 15) is 8.42 Å². The summed E-state index contributed by atoms with van der Waals surface area (Å²) < 4.78 is 26.3. The molecular formula is C14H14Cl2N2O2S. The van der Waals surface area contributed by atoms with Gasteiger partial charge in [0.1, 0.15) is 0 Å². The number of hydrogen-bond acceptors (Lipinski definition) is 3. The third-order valence-electron chi connectivity index (χ3n) is 3.00. The van der Waals surface area contributed by atoms with Crippen molar-refractivity contribution in [2.45, 2.75) is 17.3 Å². The number of sulfonamides is 1. The van der Waals surface area contributed by atoms with Gasteiger partial charge in [-0.3, -0.25) is 4.98 Å². The molecule has 0 unspecified atom stereocenters. The number of hydrogen-bond donors (Lipinski definition) is 0. The van der Waals surface area contributed by atoms with Crippen molar-refractivity contribution >= 4 is 33.2 Å². The third kappa shape index (κ3) is 3.74. The Kier molecular flexibility index (Phi) is 5.22. The van der Waals surface area contributed by atoms with Gasteiger partial charge < -0.3 is 0 Å². The van der Waals surface area contributed by atoms with E-state index in [2.05, 4.69) is 4.98 Å². The van der Waals surface area contributed by atoms with Crippen molar-refractivity contribution in [2.24, 2.45) is 0 Å². The molecule has 0 spiro atoms. The highest BCUT2D eigenvalue weighted by atomic mass is 35.5. The Morgan fingerprint density at radius 1 is 1.29 bits per heavy atom. The maximum Gasteiger partial charge on any atom is 0.243 e. The van der Waals surface area contributed by atoms with Crippen molar-refractivity contribution in [1.82, 2.24) is 9.29 Å². The number of nitrogens with zero attached hydrogens (tertiary/aromatic N) is 2. The van der Waals surface area contributed by atoms with E-state index in [1.165, 1.54) is 23.5 Å². The van der Waals surface area contributed by atoms with E-state index in [0.29, 0.717) is 10.6 Å². The fraction of sp³-hybridized carbons (Fsp3) is 0.214. The summed E-state index contributed by atoms with van der Waals surface area (Å²) in [5.41, 5.74) is 1.41. The molecule has 0 atom stereocenters. The Morgan fingerprint density at radius 3 is 2.67 bits per heavy atom. The van der Waals surface area contributed by atoms with Crippen LogP contribution in [-0.2, 0) is 22.4 Å². The normalized spacial score (nSPS) is 11.8. The second kappa shape index (κ2) is 6.75. The first kappa shape index (κ1) is 16.2. The molecule has 1 aromatic carbocycles. The van der Waals surface area contributed by atoms with Crippen LogP contribution >= 0.6 is 23.2 Å². The Balaban J connectivity index is 2.29. The molecule has 0 saturated carbocycles. The van der Waals surface area contributed by atoms with E-state index >= 15 is 0 Å². The molecule has 2 rings (SSSR count). The minimum absolute atomic E-state index is 0.161. The molecule has 1 aromatic heterocycles. The molecule has 0 aliphatic heterocycles. The second-order valence-electron chi connectivity index (χ2n) is 4.51. The number of aromatic nitrogens is 1. The largest absolute Gasteiger partial charge is 0.264 e. The van der Waals surface area contributed by atoms with Crippen LogP contribution in [0.25, 0.3) is 0 Å². The Bertz CT molecular complexity index is 721. The Hall–Kier alpha value is -1.14. The van der Waals surface area contributed by atoms with Gasteiger partial charge >= 0.3 is 0 Å². The summed E-state index contributed by atoms with van der Waals surface area (Å²) in [5.74, 6) is 0.161. The number of benzene rings is 1. The maximum atomic E-state index is 12.5. The predicted molar refractivity (Wildman–Crippen MR) is 83.9 cm³/mol. The van der Waals surface area contributed by atoms with Crippen molar-refractivity contribution in [3.05, 3.63) is 58.9 Å². The molecular weight excluding hydrogens is 331 g/mol. The van der Waals surface area contributed by atoms with Crippen LogP contribution in [0.1, 0.15) is 11.1 Å². The highest BCUT2D eigenvalue weighted by Gasteiger charge is 2.21. The van der Waals surface area contributed by atoms with Crippen LogP contribution in [0.15, 0.2) is 47.6 Å². The van der Waals surface area contributed by atoms with Crippen LogP contribution < -0.4 is 0 Å². The zero-order valence-corrected chi connectivity index (χ0v) is 13.7. The lowest BCUT2D eigenvalue weighted by Gasteiger charge is -2.17. The van der Waals surface area contributed by atoms with Crippen LogP contribution in [0.5, 0.6) is 0 Å². The summed E-state index contributed by atoms with van der Waals surface area (Å²) >= 11 is 11.7. The van der Waals surface area contributed by atoms with Gasteiger partial charge in [-0.15, -0.1) is 11.6 Å². The molecule has 0 N–H and O–H groups in total. The van der Waals surface area contributed by atoms with Crippen molar-refractivity contribution in [3.8, 4) is 0 Å². The van der Waals surface area contributed by atoms with Gasteiger partial charge in [-0.2, -0.15) is 4.31 Å². The zero-order chi connectivity index (χ0) is 15.5. The molecule has 4 nitrogen and oxygen atoms in total. The summed E-state index contributed by atoms with van der Waals surface area (Å²) in [5, 5.41) is 0.457. The van der Waals surface area contributed by atoms with Crippen LogP contribution in [-0.4, -0.2) is 24.8 Å². The standard InChI is InChI=1S/C14H14Cl2N2O2S/c1-18(10-11-3-2-6-17-9-11)21(19,20)13-4-5-14(16)12(7-13)8-15/h2-7,9H,8,10H2,1H3. The summed E-state index contributed by atoms with van der Waals surface area (Å²) in [6.07, 6.45) is 3.28. The fourth-order valence-corrected chi connectivity index (χ4v) is 3.51. The van der Waals surface area contributed by atoms with Crippen LogP contribution in [0, 0.1) is 0 Å². The molecule has 0 bridgehead atoms. The van der Waals surface area contributed by atoms with Gasteiger partial charge in [-0.1, -0.05) is 17.7 Å². The van der Waals surface area contributed by atoms with E-state index in [1.54, 1.807) is 24.5 Å². The minimum Gasteiger partial charge on any atom is -0.264 e. The third-order valence-corrected chi connectivity index (χ3v) is 5.45. The van der Waals surface area contributed by atoms with Crippen molar-refractivity contribution in [2.75, 3.05) is 7.05 Å². The molecule has 7 heteroatoms. The van der Waals surface area contributed by atoms with Crippen LogP contribution in [0.2, 0.25) is 5.02 Å². The first-order valence-corrected chi connectivity index (χ1v) is 8.50. The van der Waals surface area contributed by atoms with Crippen LogP contribution in [0.4, 0.5) is 0 Å². The molecule has 0 amide bonds. The minimum atomic E-state index is -3.60. The topological polar surface area (TPSA) is 50.3 Å². The lowest BCUT2D eigenvalue weighted by molar-refractivity contribution is 0.466. The molecule has 21 heavy (non-hydrogen) atoms. The summed E-state index contributed by atoms with van der Waals surface area (Å²) in [6.45, 7) is 0.245.